The Morgan fingerprint density at radius 2 is 1.96 bits per heavy atom. The number of fused-ring (bicyclic) bond motifs is 1. The number of allylic oxidation sites excluding steroid dienone is 2. The zero-order valence-corrected chi connectivity index (χ0v) is 16.5. The van der Waals surface area contributed by atoms with Gasteiger partial charge in [-0.15, -0.1) is 11.6 Å². The molecular formula is C20H33ClO3. The Hall–Kier alpha value is -0.380. The average molecular weight is 357 g/mol. The molecule has 0 radical (unpaired) electrons. The summed E-state index contributed by atoms with van der Waals surface area (Å²) >= 11 is 5.72. The van der Waals surface area contributed by atoms with Gasteiger partial charge in [-0.25, -0.2) is 0 Å². The van der Waals surface area contributed by atoms with Gasteiger partial charge in [-0.2, -0.15) is 0 Å². The lowest BCUT2D eigenvalue weighted by atomic mass is 9.49. The molecule has 24 heavy (non-hydrogen) atoms. The number of aliphatic hydroxyl groups is 2. The highest BCUT2D eigenvalue weighted by molar-refractivity contribution is 6.18. The van der Waals surface area contributed by atoms with E-state index in [2.05, 4.69) is 27.7 Å². The molecule has 0 aromatic rings. The highest BCUT2D eigenvalue weighted by Gasteiger charge is 2.53. The van der Waals surface area contributed by atoms with Gasteiger partial charge in [-0.1, -0.05) is 31.9 Å². The zero-order chi connectivity index (χ0) is 18.3. The maximum Gasteiger partial charge on any atom is 0.138 e. The van der Waals surface area contributed by atoms with Crippen molar-refractivity contribution in [3.8, 4) is 0 Å². The molecule has 2 aliphatic rings. The molecular weight excluding hydrogens is 324 g/mol. The number of halogens is 1. The fourth-order valence-corrected chi connectivity index (χ4v) is 5.44. The summed E-state index contributed by atoms with van der Waals surface area (Å²) in [4.78, 5) is 12.4. The van der Waals surface area contributed by atoms with E-state index in [1.165, 1.54) is 11.1 Å². The molecule has 2 N–H and O–H groups in total. The topological polar surface area (TPSA) is 57.5 Å². The van der Waals surface area contributed by atoms with Crippen molar-refractivity contribution >= 4 is 17.4 Å². The van der Waals surface area contributed by atoms with Crippen molar-refractivity contribution in [2.75, 3.05) is 5.88 Å². The van der Waals surface area contributed by atoms with Crippen molar-refractivity contribution in [1.82, 2.24) is 0 Å². The van der Waals surface area contributed by atoms with Gasteiger partial charge in [0.05, 0.1) is 17.6 Å². The Balaban J connectivity index is 2.27. The van der Waals surface area contributed by atoms with Gasteiger partial charge in [0, 0.05) is 11.8 Å². The highest BCUT2D eigenvalue weighted by Crippen LogP contribution is 2.59. The first-order valence-electron chi connectivity index (χ1n) is 9.15. The number of rotatable bonds is 5. The van der Waals surface area contributed by atoms with Crippen LogP contribution < -0.4 is 0 Å². The molecule has 1 saturated carbocycles. The molecule has 2 rings (SSSR count). The van der Waals surface area contributed by atoms with E-state index < -0.39 is 11.7 Å². The Bertz CT molecular complexity index is 535. The third-order valence-electron chi connectivity index (χ3n) is 6.99. The smallest absolute Gasteiger partial charge is 0.138 e. The molecule has 2 aliphatic carbocycles. The monoisotopic (exact) mass is 356 g/mol. The maximum absolute atomic E-state index is 12.4. The van der Waals surface area contributed by atoms with E-state index >= 15 is 0 Å². The minimum absolute atomic E-state index is 0.0156. The maximum atomic E-state index is 12.4. The molecule has 138 valence electrons. The summed E-state index contributed by atoms with van der Waals surface area (Å²) < 4.78 is 0. The number of carbonyl (C=O) groups excluding carboxylic acids is 1. The molecule has 0 aromatic heterocycles. The summed E-state index contributed by atoms with van der Waals surface area (Å²) in [6.07, 6.45) is 3.94. The number of ketones is 1. The second-order valence-electron chi connectivity index (χ2n) is 8.94. The predicted molar refractivity (Wildman–Crippen MR) is 98.1 cm³/mol. The molecule has 0 saturated heterocycles. The Kier molecular flexibility index (Phi) is 5.60. The molecule has 4 atom stereocenters. The molecule has 0 heterocycles. The van der Waals surface area contributed by atoms with Gasteiger partial charge in [-0.05, 0) is 57.3 Å². The second kappa shape index (κ2) is 6.74. The fraction of sp³-hybridized carbons (Fsp3) is 0.850. The summed E-state index contributed by atoms with van der Waals surface area (Å²) in [6.45, 7) is 10.3. The van der Waals surface area contributed by atoms with Crippen LogP contribution in [0.5, 0.6) is 0 Å². The van der Waals surface area contributed by atoms with Gasteiger partial charge in [0.15, 0.2) is 0 Å². The van der Waals surface area contributed by atoms with Crippen LogP contribution in [0, 0.1) is 16.7 Å². The van der Waals surface area contributed by atoms with Crippen LogP contribution in [0.1, 0.15) is 73.1 Å². The van der Waals surface area contributed by atoms with Crippen LogP contribution in [0.3, 0.4) is 0 Å². The zero-order valence-electron chi connectivity index (χ0n) is 15.8. The standard InChI is InChI=1S/C20H33ClO3/c1-13-6-7-15-18(2,3)16(22)9-10-19(15,4)14(13)8-11-20(5,24)17(23)12-21/h15,17,23-24H,6-12H2,1-5H3/t15-,17-,19+,20+/m1/s1. The lowest BCUT2D eigenvalue weighted by molar-refractivity contribution is -0.139. The third-order valence-corrected chi connectivity index (χ3v) is 7.28. The summed E-state index contributed by atoms with van der Waals surface area (Å²) in [5.74, 6) is 0.771. The molecule has 3 nitrogen and oxygen atoms in total. The van der Waals surface area contributed by atoms with E-state index in [-0.39, 0.29) is 16.7 Å². The molecule has 0 unspecified atom stereocenters. The molecule has 0 bridgehead atoms. The first kappa shape index (κ1) is 19.9. The van der Waals surface area contributed by atoms with Crippen LogP contribution in [-0.2, 0) is 4.79 Å². The largest absolute Gasteiger partial charge is 0.389 e. The van der Waals surface area contributed by atoms with Gasteiger partial charge in [0.1, 0.15) is 5.78 Å². The van der Waals surface area contributed by atoms with Crippen molar-refractivity contribution in [3.05, 3.63) is 11.1 Å². The van der Waals surface area contributed by atoms with Crippen molar-refractivity contribution in [2.45, 2.75) is 84.8 Å². The number of aliphatic hydroxyl groups excluding tert-OH is 1. The van der Waals surface area contributed by atoms with Gasteiger partial charge in [0.25, 0.3) is 0 Å². The Morgan fingerprint density at radius 1 is 1.33 bits per heavy atom. The van der Waals surface area contributed by atoms with Gasteiger partial charge < -0.3 is 10.2 Å². The van der Waals surface area contributed by atoms with E-state index in [0.29, 0.717) is 24.5 Å². The average Bonchev–Trinajstić information content (AvgIpc) is 2.49. The molecule has 0 aromatic carbocycles. The fourth-order valence-electron chi connectivity index (χ4n) is 5.11. The number of Topliss-reactive ketones (excluding diaryl/α,β-unsaturated/α-hetero) is 1. The number of hydrogen-bond donors (Lipinski definition) is 2. The lowest BCUT2D eigenvalue weighted by Gasteiger charge is -2.54. The van der Waals surface area contributed by atoms with E-state index in [1.807, 2.05) is 0 Å². The minimum atomic E-state index is -1.18. The van der Waals surface area contributed by atoms with Crippen LogP contribution in [-0.4, -0.2) is 33.6 Å². The normalized spacial score (nSPS) is 33.8. The van der Waals surface area contributed by atoms with Crippen LogP contribution in [0.2, 0.25) is 0 Å². The third kappa shape index (κ3) is 3.32. The Labute approximate surface area is 151 Å². The van der Waals surface area contributed by atoms with Crippen molar-refractivity contribution in [3.63, 3.8) is 0 Å². The second-order valence-corrected chi connectivity index (χ2v) is 9.25. The molecule has 0 spiro atoms. The summed E-state index contributed by atoms with van der Waals surface area (Å²) in [5.41, 5.74) is 1.34. The quantitative estimate of drug-likeness (QED) is 0.572. The van der Waals surface area contributed by atoms with Crippen LogP contribution >= 0.6 is 11.6 Å². The van der Waals surface area contributed by atoms with Crippen LogP contribution in [0.15, 0.2) is 11.1 Å². The Morgan fingerprint density at radius 3 is 2.54 bits per heavy atom. The summed E-state index contributed by atoms with van der Waals surface area (Å²) in [6, 6.07) is 0. The SMILES string of the molecule is CC1=C(CC[C@](C)(O)[C@H](O)CCl)[C@]2(C)CCC(=O)C(C)(C)[C@H]2CC1. The number of carbonyl (C=O) groups is 1. The van der Waals surface area contributed by atoms with Gasteiger partial charge >= 0.3 is 0 Å². The van der Waals surface area contributed by atoms with Gasteiger partial charge in [0.2, 0.25) is 0 Å². The summed E-state index contributed by atoms with van der Waals surface area (Å²) in [5, 5.41) is 20.5. The minimum Gasteiger partial charge on any atom is -0.389 e. The molecule has 1 fully saturated rings. The van der Waals surface area contributed by atoms with E-state index in [0.717, 1.165) is 25.7 Å². The van der Waals surface area contributed by atoms with Crippen molar-refractivity contribution < 1.29 is 15.0 Å². The van der Waals surface area contributed by atoms with Gasteiger partial charge in [-0.3, -0.25) is 4.79 Å². The predicted octanol–water partition coefficient (Wildman–Crippen LogP) is 4.24. The molecule has 0 aliphatic heterocycles. The van der Waals surface area contributed by atoms with Crippen LogP contribution in [0.25, 0.3) is 0 Å². The van der Waals surface area contributed by atoms with Crippen LogP contribution in [0.4, 0.5) is 0 Å². The van der Waals surface area contributed by atoms with Crippen molar-refractivity contribution in [2.24, 2.45) is 16.7 Å². The molecule has 4 heteroatoms. The van der Waals surface area contributed by atoms with Crippen molar-refractivity contribution in [1.29, 1.82) is 0 Å². The first-order valence-corrected chi connectivity index (χ1v) is 9.69. The number of alkyl halides is 1. The number of hydrogen-bond acceptors (Lipinski definition) is 3. The lowest BCUT2D eigenvalue weighted by Crippen LogP contribution is -2.50. The van der Waals surface area contributed by atoms with E-state index in [4.69, 9.17) is 11.6 Å². The first-order chi connectivity index (χ1) is 11.0. The highest BCUT2D eigenvalue weighted by atomic mass is 35.5. The van der Waals surface area contributed by atoms with E-state index in [1.54, 1.807) is 6.92 Å². The molecule has 0 amide bonds. The van der Waals surface area contributed by atoms with E-state index in [9.17, 15) is 15.0 Å². The summed E-state index contributed by atoms with van der Waals surface area (Å²) in [7, 11) is 0.